The van der Waals surface area contributed by atoms with Crippen LogP contribution in [0.4, 0.5) is 5.13 Å². The first kappa shape index (κ1) is 15.4. The summed E-state index contributed by atoms with van der Waals surface area (Å²) in [7, 11) is 1.23. The van der Waals surface area contributed by atoms with Gasteiger partial charge in [0.05, 0.1) is 13.7 Å². The Morgan fingerprint density at radius 2 is 2.00 bits per heavy atom. The second kappa shape index (κ2) is 6.66. The maximum Gasteiger partial charge on any atom is 0.358 e. The molecule has 1 fully saturated rings. The van der Waals surface area contributed by atoms with Gasteiger partial charge in [0, 0.05) is 20.0 Å². The van der Waals surface area contributed by atoms with Gasteiger partial charge >= 0.3 is 5.97 Å². The Bertz CT molecular complexity index is 564. The zero-order valence-corrected chi connectivity index (χ0v) is 12.8. The van der Waals surface area contributed by atoms with Crippen molar-refractivity contribution in [3.8, 4) is 0 Å². The van der Waals surface area contributed by atoms with Crippen molar-refractivity contribution in [1.82, 2.24) is 9.88 Å². The molecule has 2 rings (SSSR count). The van der Waals surface area contributed by atoms with Crippen LogP contribution in [0.15, 0.2) is 0 Å². The van der Waals surface area contributed by atoms with E-state index in [0.29, 0.717) is 5.13 Å². The van der Waals surface area contributed by atoms with E-state index in [-0.39, 0.29) is 28.8 Å². The van der Waals surface area contributed by atoms with Crippen LogP contribution in [-0.4, -0.2) is 54.3 Å². The number of nitrogens with one attached hydrogen (secondary N) is 1. The van der Waals surface area contributed by atoms with E-state index in [0.717, 1.165) is 37.3 Å². The average Bonchev–Trinajstić information content (AvgIpc) is 3.13. The first-order valence-corrected chi connectivity index (χ1v) is 7.46. The molecule has 0 atom stereocenters. The molecule has 0 radical (unpaired) electrons. The molecule has 0 bridgehead atoms. The largest absolute Gasteiger partial charge is 0.464 e. The first-order chi connectivity index (χ1) is 10.0. The van der Waals surface area contributed by atoms with Crippen LogP contribution < -0.4 is 5.32 Å². The smallest absolute Gasteiger partial charge is 0.358 e. The van der Waals surface area contributed by atoms with Crippen molar-refractivity contribution in [3.05, 3.63) is 10.6 Å². The number of thiazole rings is 1. The highest BCUT2D eigenvalue weighted by Gasteiger charge is 2.23. The Morgan fingerprint density at radius 1 is 1.33 bits per heavy atom. The summed E-state index contributed by atoms with van der Waals surface area (Å²) >= 11 is 1.05. The zero-order chi connectivity index (χ0) is 15.4. The molecule has 2 heterocycles. The zero-order valence-electron chi connectivity index (χ0n) is 12.0. The van der Waals surface area contributed by atoms with Gasteiger partial charge in [0.1, 0.15) is 4.88 Å². The Kier molecular flexibility index (Phi) is 4.89. The standard InChI is InChI=1S/C13H17N3O4S/c1-8(17)11-10(12(19)20-2)15-13(21-11)14-7-9(18)16-5-3-4-6-16/h3-7H2,1-2H3,(H,14,15). The van der Waals surface area contributed by atoms with Crippen LogP contribution in [0.2, 0.25) is 0 Å². The number of rotatable bonds is 5. The number of methoxy groups -OCH3 is 1. The molecule has 1 aliphatic rings. The number of amides is 1. The molecule has 1 N–H and O–H groups in total. The minimum absolute atomic E-state index is 0.00769. The SMILES string of the molecule is COC(=O)c1nc(NCC(=O)N2CCCC2)sc1C(C)=O. The van der Waals surface area contributed by atoms with Crippen molar-refractivity contribution in [2.24, 2.45) is 0 Å². The van der Waals surface area contributed by atoms with E-state index in [9.17, 15) is 14.4 Å². The predicted molar refractivity (Wildman–Crippen MR) is 77.8 cm³/mol. The highest BCUT2D eigenvalue weighted by atomic mass is 32.1. The third-order valence-electron chi connectivity index (χ3n) is 3.18. The number of hydrogen-bond donors (Lipinski definition) is 1. The highest BCUT2D eigenvalue weighted by Crippen LogP contribution is 2.24. The van der Waals surface area contributed by atoms with Crippen molar-refractivity contribution < 1.29 is 19.1 Å². The summed E-state index contributed by atoms with van der Waals surface area (Å²) in [6.45, 7) is 3.03. The molecule has 1 amide bonds. The molecule has 7 nitrogen and oxygen atoms in total. The molecule has 1 aromatic rings. The fourth-order valence-electron chi connectivity index (χ4n) is 2.10. The highest BCUT2D eigenvalue weighted by molar-refractivity contribution is 7.17. The maximum atomic E-state index is 11.9. The molecule has 0 saturated carbocycles. The van der Waals surface area contributed by atoms with E-state index >= 15 is 0 Å². The van der Waals surface area contributed by atoms with Gasteiger partial charge in [0.2, 0.25) is 5.91 Å². The number of ether oxygens (including phenoxy) is 1. The van der Waals surface area contributed by atoms with Crippen LogP contribution in [0.25, 0.3) is 0 Å². The van der Waals surface area contributed by atoms with Gasteiger partial charge in [0.25, 0.3) is 0 Å². The lowest BCUT2D eigenvalue weighted by Crippen LogP contribution is -2.32. The molecule has 0 aromatic carbocycles. The maximum absolute atomic E-state index is 11.9. The Morgan fingerprint density at radius 3 is 2.57 bits per heavy atom. The molecule has 8 heteroatoms. The molecular formula is C13H17N3O4S. The fraction of sp³-hybridized carbons (Fsp3) is 0.538. The Balaban J connectivity index is 2.04. The van der Waals surface area contributed by atoms with Gasteiger partial charge in [0.15, 0.2) is 16.6 Å². The van der Waals surface area contributed by atoms with E-state index in [2.05, 4.69) is 15.0 Å². The summed E-state index contributed by atoms with van der Waals surface area (Å²) in [4.78, 5) is 41.1. The van der Waals surface area contributed by atoms with Gasteiger partial charge < -0.3 is 15.0 Å². The van der Waals surface area contributed by atoms with E-state index in [1.807, 2.05) is 0 Å². The third-order valence-corrected chi connectivity index (χ3v) is 4.29. The lowest BCUT2D eigenvalue weighted by Gasteiger charge is -2.14. The van der Waals surface area contributed by atoms with Gasteiger partial charge in [-0.25, -0.2) is 9.78 Å². The summed E-state index contributed by atoms with van der Waals surface area (Å²) in [5.74, 6) is -0.922. The molecule has 1 aromatic heterocycles. The molecule has 1 saturated heterocycles. The third kappa shape index (κ3) is 3.57. The second-order valence-electron chi connectivity index (χ2n) is 4.69. The van der Waals surface area contributed by atoms with Crippen molar-refractivity contribution in [2.45, 2.75) is 19.8 Å². The van der Waals surface area contributed by atoms with Crippen LogP contribution in [-0.2, 0) is 9.53 Å². The Labute approximate surface area is 126 Å². The van der Waals surface area contributed by atoms with Crippen molar-refractivity contribution in [1.29, 1.82) is 0 Å². The topological polar surface area (TPSA) is 88.6 Å². The molecule has 0 spiro atoms. The lowest BCUT2D eigenvalue weighted by atomic mass is 10.3. The number of likely N-dealkylation sites (tertiary alicyclic amines) is 1. The lowest BCUT2D eigenvalue weighted by molar-refractivity contribution is -0.128. The van der Waals surface area contributed by atoms with E-state index < -0.39 is 5.97 Å². The summed E-state index contributed by atoms with van der Waals surface area (Å²) in [6.07, 6.45) is 2.06. The second-order valence-corrected chi connectivity index (χ2v) is 5.69. The summed E-state index contributed by atoms with van der Waals surface area (Å²) < 4.78 is 4.60. The van der Waals surface area contributed by atoms with Crippen LogP contribution in [0.3, 0.4) is 0 Å². The van der Waals surface area contributed by atoms with Gasteiger partial charge in [-0.2, -0.15) is 0 Å². The Hall–Kier alpha value is -1.96. The van der Waals surface area contributed by atoms with Crippen LogP contribution in [0, 0.1) is 0 Å². The monoisotopic (exact) mass is 311 g/mol. The fourth-order valence-corrected chi connectivity index (χ4v) is 2.94. The summed E-state index contributed by atoms with van der Waals surface area (Å²) in [6, 6.07) is 0. The van der Waals surface area contributed by atoms with E-state index in [1.54, 1.807) is 4.90 Å². The molecule has 21 heavy (non-hydrogen) atoms. The van der Waals surface area contributed by atoms with Crippen molar-refractivity contribution in [2.75, 3.05) is 32.1 Å². The summed E-state index contributed by atoms with van der Waals surface area (Å²) in [5.41, 5.74) is -0.00822. The van der Waals surface area contributed by atoms with Crippen LogP contribution >= 0.6 is 11.3 Å². The van der Waals surface area contributed by atoms with Gasteiger partial charge in [-0.15, -0.1) is 0 Å². The molecule has 114 valence electrons. The number of esters is 1. The number of aromatic nitrogens is 1. The first-order valence-electron chi connectivity index (χ1n) is 6.64. The van der Waals surface area contributed by atoms with Crippen molar-refractivity contribution in [3.63, 3.8) is 0 Å². The van der Waals surface area contributed by atoms with Crippen LogP contribution in [0.1, 0.15) is 39.9 Å². The predicted octanol–water partition coefficient (Wildman–Crippen LogP) is 1.17. The van der Waals surface area contributed by atoms with Gasteiger partial charge in [-0.05, 0) is 12.8 Å². The van der Waals surface area contributed by atoms with Gasteiger partial charge in [-0.3, -0.25) is 9.59 Å². The van der Waals surface area contributed by atoms with Gasteiger partial charge in [-0.1, -0.05) is 11.3 Å². The minimum Gasteiger partial charge on any atom is -0.464 e. The summed E-state index contributed by atoms with van der Waals surface area (Å²) in [5, 5.41) is 3.24. The number of carbonyl (C=O) groups is 3. The molecule has 0 aliphatic carbocycles. The van der Waals surface area contributed by atoms with E-state index in [4.69, 9.17) is 0 Å². The molecular weight excluding hydrogens is 294 g/mol. The number of ketones is 1. The average molecular weight is 311 g/mol. The number of Topliss-reactive ketones (excluding diaryl/α,β-unsaturated/α-hetero) is 1. The molecule has 0 unspecified atom stereocenters. The normalized spacial score (nSPS) is 14.1. The minimum atomic E-state index is -0.657. The molecule has 1 aliphatic heterocycles. The number of anilines is 1. The van der Waals surface area contributed by atoms with Crippen molar-refractivity contribution >= 4 is 34.1 Å². The number of carbonyl (C=O) groups excluding carboxylic acids is 3. The van der Waals surface area contributed by atoms with E-state index in [1.165, 1.54) is 14.0 Å². The number of nitrogens with zero attached hydrogens (tertiary/aromatic N) is 2. The number of hydrogen-bond acceptors (Lipinski definition) is 7. The quantitative estimate of drug-likeness (QED) is 0.648. The van der Waals surface area contributed by atoms with Crippen LogP contribution in [0.5, 0.6) is 0 Å².